The molecule has 1 heterocycles. The minimum absolute atomic E-state index is 0.439. The second-order valence-corrected chi connectivity index (χ2v) is 7.80. The van der Waals surface area contributed by atoms with Crippen molar-refractivity contribution >= 4 is 17.0 Å². The molecular formula is C19H23NS. The van der Waals surface area contributed by atoms with Crippen molar-refractivity contribution in [3.63, 3.8) is 0 Å². The number of hydrogen-bond acceptors (Lipinski definition) is 2. The van der Waals surface area contributed by atoms with Gasteiger partial charge < -0.3 is 5.32 Å². The summed E-state index contributed by atoms with van der Waals surface area (Å²) in [6.45, 7) is 10.9. The zero-order valence-corrected chi connectivity index (χ0v) is 13.9. The van der Waals surface area contributed by atoms with E-state index in [9.17, 15) is 0 Å². The summed E-state index contributed by atoms with van der Waals surface area (Å²) in [5.41, 5.74) is 5.95. The van der Waals surface area contributed by atoms with Crippen LogP contribution in [0.1, 0.15) is 36.3 Å². The number of benzene rings is 1. The van der Waals surface area contributed by atoms with E-state index in [1.54, 1.807) is 16.6 Å². The average molecular weight is 297 g/mol. The van der Waals surface area contributed by atoms with E-state index in [1.165, 1.54) is 35.3 Å². The molecule has 3 rings (SSSR count). The molecule has 0 saturated heterocycles. The van der Waals surface area contributed by atoms with Crippen LogP contribution in [-0.2, 0) is 12.8 Å². The third-order valence-corrected chi connectivity index (χ3v) is 5.90. The van der Waals surface area contributed by atoms with Crippen molar-refractivity contribution < 1.29 is 0 Å². The van der Waals surface area contributed by atoms with Gasteiger partial charge in [-0.25, -0.2) is 0 Å². The number of para-hydroxylation sites is 1. The van der Waals surface area contributed by atoms with E-state index in [2.05, 4.69) is 56.9 Å². The van der Waals surface area contributed by atoms with E-state index in [4.69, 9.17) is 0 Å². The van der Waals surface area contributed by atoms with E-state index in [-0.39, 0.29) is 0 Å². The van der Waals surface area contributed by atoms with Gasteiger partial charge in [0.15, 0.2) is 0 Å². The summed E-state index contributed by atoms with van der Waals surface area (Å²) < 4.78 is 0. The van der Waals surface area contributed by atoms with Crippen molar-refractivity contribution in [3.05, 3.63) is 53.0 Å². The molecule has 1 aliphatic rings. The maximum absolute atomic E-state index is 3.79. The van der Waals surface area contributed by atoms with E-state index in [0.717, 1.165) is 5.69 Å². The van der Waals surface area contributed by atoms with Gasteiger partial charge in [0, 0.05) is 21.0 Å². The van der Waals surface area contributed by atoms with Crippen LogP contribution in [0.15, 0.2) is 37.0 Å². The Bertz CT molecular complexity index is 679. The Labute approximate surface area is 131 Å². The van der Waals surface area contributed by atoms with E-state index in [0.29, 0.717) is 5.41 Å². The number of thiophene rings is 1. The van der Waals surface area contributed by atoms with E-state index >= 15 is 0 Å². The molecule has 0 fully saturated rings. The molecule has 110 valence electrons. The Kier molecular flexibility index (Phi) is 3.66. The molecule has 1 aromatic heterocycles. The van der Waals surface area contributed by atoms with Gasteiger partial charge in [0.2, 0.25) is 0 Å². The lowest BCUT2D eigenvalue weighted by Crippen LogP contribution is -2.21. The van der Waals surface area contributed by atoms with E-state index < -0.39 is 0 Å². The maximum atomic E-state index is 3.79. The van der Waals surface area contributed by atoms with Crippen LogP contribution in [0.2, 0.25) is 0 Å². The summed E-state index contributed by atoms with van der Waals surface area (Å²) in [5.74, 6) is 0. The molecular weight excluding hydrogens is 274 g/mol. The topological polar surface area (TPSA) is 12.0 Å². The Morgan fingerprint density at radius 1 is 1.29 bits per heavy atom. The Morgan fingerprint density at radius 2 is 2.05 bits per heavy atom. The average Bonchev–Trinajstić information content (AvgIpc) is 2.76. The molecule has 0 radical (unpaired) electrons. The number of anilines is 1. The predicted molar refractivity (Wildman–Crippen MR) is 94.1 cm³/mol. The Hall–Kier alpha value is -1.54. The van der Waals surface area contributed by atoms with Crippen LogP contribution < -0.4 is 5.32 Å². The van der Waals surface area contributed by atoms with Crippen LogP contribution in [0.4, 0.5) is 5.69 Å². The summed E-state index contributed by atoms with van der Waals surface area (Å²) in [5, 5.41) is 3.27. The highest BCUT2D eigenvalue weighted by Crippen LogP contribution is 2.46. The van der Waals surface area contributed by atoms with Crippen LogP contribution in [0.25, 0.3) is 10.4 Å². The lowest BCUT2D eigenvalue weighted by Gasteiger charge is -2.29. The van der Waals surface area contributed by atoms with Gasteiger partial charge in [-0.05, 0) is 55.0 Å². The van der Waals surface area contributed by atoms with Gasteiger partial charge in [0.25, 0.3) is 0 Å². The molecule has 0 atom stereocenters. The highest BCUT2D eigenvalue weighted by atomic mass is 32.1. The molecule has 1 aliphatic carbocycles. The zero-order valence-electron chi connectivity index (χ0n) is 13.1. The van der Waals surface area contributed by atoms with Gasteiger partial charge in [-0.3, -0.25) is 0 Å². The molecule has 1 N–H and O–H groups in total. The number of rotatable bonds is 3. The first-order chi connectivity index (χ1) is 10.0. The van der Waals surface area contributed by atoms with Gasteiger partial charge in [-0.15, -0.1) is 11.3 Å². The number of hydrogen-bond donors (Lipinski definition) is 1. The summed E-state index contributed by atoms with van der Waals surface area (Å²) in [4.78, 5) is 3.01. The quantitative estimate of drug-likeness (QED) is 0.755. The molecule has 0 spiro atoms. The second kappa shape index (κ2) is 5.34. The van der Waals surface area contributed by atoms with Gasteiger partial charge in [0.05, 0.1) is 0 Å². The van der Waals surface area contributed by atoms with Crippen LogP contribution >= 0.6 is 11.3 Å². The number of fused-ring (bicyclic) bond motifs is 1. The van der Waals surface area contributed by atoms with Gasteiger partial charge >= 0.3 is 0 Å². The van der Waals surface area contributed by atoms with Crippen LogP contribution in [0, 0.1) is 12.3 Å². The first-order valence-electron chi connectivity index (χ1n) is 7.60. The Morgan fingerprint density at radius 3 is 2.81 bits per heavy atom. The molecule has 0 bridgehead atoms. The lowest BCUT2D eigenvalue weighted by molar-refractivity contribution is 0.317. The van der Waals surface area contributed by atoms with Gasteiger partial charge in [-0.2, -0.15) is 0 Å². The molecule has 0 saturated carbocycles. The summed E-state index contributed by atoms with van der Waals surface area (Å²) >= 11 is 1.98. The number of aryl methyl sites for hydroxylation is 1. The van der Waals surface area contributed by atoms with Crippen LogP contribution in [0.3, 0.4) is 0 Å². The Balaban J connectivity index is 2.09. The van der Waals surface area contributed by atoms with Crippen molar-refractivity contribution in [2.45, 2.75) is 40.0 Å². The molecule has 0 unspecified atom stereocenters. The maximum Gasteiger partial charge on any atom is 0.0467 e. The monoisotopic (exact) mass is 297 g/mol. The van der Waals surface area contributed by atoms with Crippen LogP contribution in [-0.4, -0.2) is 0 Å². The van der Waals surface area contributed by atoms with Gasteiger partial charge in [-0.1, -0.05) is 38.6 Å². The molecule has 2 heteroatoms. The molecule has 0 aliphatic heterocycles. The lowest BCUT2D eigenvalue weighted by atomic mass is 9.76. The highest BCUT2D eigenvalue weighted by molar-refractivity contribution is 7.16. The fourth-order valence-corrected chi connectivity index (χ4v) is 4.60. The molecule has 2 aromatic rings. The zero-order chi connectivity index (χ0) is 15.0. The first kappa shape index (κ1) is 14.4. The fraction of sp³-hybridized carbons (Fsp3) is 0.368. The predicted octanol–water partition coefficient (Wildman–Crippen LogP) is 5.79. The number of nitrogens with one attached hydrogen (secondary N) is 1. The second-order valence-electron chi connectivity index (χ2n) is 6.69. The van der Waals surface area contributed by atoms with Crippen molar-refractivity contribution in [1.29, 1.82) is 0 Å². The van der Waals surface area contributed by atoms with Crippen molar-refractivity contribution in [3.8, 4) is 10.4 Å². The standard InChI is InChI=1S/C19H23NS/c1-5-20-16-9-7-6-8-14(16)18-13(2)15-12-19(3,4)11-10-17(15)21-18/h5-9,20H,1,10-12H2,2-4H3. The third kappa shape index (κ3) is 2.65. The minimum atomic E-state index is 0.439. The highest BCUT2D eigenvalue weighted by Gasteiger charge is 2.29. The third-order valence-electron chi connectivity index (χ3n) is 4.47. The smallest absolute Gasteiger partial charge is 0.0467 e. The minimum Gasteiger partial charge on any atom is -0.362 e. The normalized spacial score (nSPS) is 16.3. The first-order valence-corrected chi connectivity index (χ1v) is 8.41. The van der Waals surface area contributed by atoms with E-state index in [1.807, 2.05) is 11.3 Å². The fourth-order valence-electron chi connectivity index (χ4n) is 3.23. The largest absolute Gasteiger partial charge is 0.362 e. The molecule has 21 heavy (non-hydrogen) atoms. The molecule has 1 nitrogen and oxygen atoms in total. The molecule has 1 aromatic carbocycles. The van der Waals surface area contributed by atoms with Crippen molar-refractivity contribution in [1.82, 2.24) is 0 Å². The summed E-state index contributed by atoms with van der Waals surface area (Å²) in [6.07, 6.45) is 5.49. The van der Waals surface area contributed by atoms with Crippen LogP contribution in [0.5, 0.6) is 0 Å². The summed E-state index contributed by atoms with van der Waals surface area (Å²) in [6, 6.07) is 8.52. The van der Waals surface area contributed by atoms with Gasteiger partial charge in [0.1, 0.15) is 0 Å². The SMILES string of the molecule is C=CNc1ccccc1-c1sc2c(c1C)CC(C)(C)CC2. The van der Waals surface area contributed by atoms with Crippen molar-refractivity contribution in [2.75, 3.05) is 5.32 Å². The summed E-state index contributed by atoms with van der Waals surface area (Å²) in [7, 11) is 0. The van der Waals surface area contributed by atoms with Crippen molar-refractivity contribution in [2.24, 2.45) is 5.41 Å². The molecule has 0 amide bonds.